The number of nitrogen functional groups attached to an aromatic ring is 1. The molecule has 1 fully saturated rings. The van der Waals surface area contributed by atoms with Gasteiger partial charge in [-0.2, -0.15) is 0 Å². The van der Waals surface area contributed by atoms with E-state index in [0.717, 1.165) is 18.8 Å². The summed E-state index contributed by atoms with van der Waals surface area (Å²) >= 11 is 0. The Hall–Kier alpha value is -1.99. The number of nitrogens with zero attached hydrogens (tertiary/aromatic N) is 1. The maximum Gasteiger partial charge on any atom is 0.255 e. The van der Waals surface area contributed by atoms with Crippen molar-refractivity contribution >= 4 is 42.1 Å². The second-order valence-electron chi connectivity index (χ2n) is 7.31. The molecule has 1 heterocycles. The fourth-order valence-electron chi connectivity index (χ4n) is 2.96. The molecule has 0 spiro atoms. The van der Waals surface area contributed by atoms with E-state index in [1.807, 2.05) is 12.1 Å². The van der Waals surface area contributed by atoms with Gasteiger partial charge < -0.3 is 20.9 Å². The van der Waals surface area contributed by atoms with Crippen molar-refractivity contribution in [1.82, 2.24) is 4.90 Å². The number of nitrogens with two attached hydrogens (primary N) is 1. The van der Waals surface area contributed by atoms with E-state index in [9.17, 15) is 9.90 Å². The number of para-hydroxylation sites is 2. The van der Waals surface area contributed by atoms with Crippen LogP contribution >= 0.6 is 24.8 Å². The molecule has 0 atom stereocenters. The lowest BCUT2D eigenvalue weighted by molar-refractivity contribution is -0.0363. The largest absolute Gasteiger partial charge is 0.488 e. The minimum absolute atomic E-state index is 0. The molecule has 2 aromatic carbocycles. The van der Waals surface area contributed by atoms with Gasteiger partial charge in [0.05, 0.1) is 17.0 Å². The van der Waals surface area contributed by atoms with E-state index in [4.69, 9.17) is 10.5 Å². The molecule has 8 heteroatoms. The Morgan fingerprint density at radius 2 is 1.79 bits per heavy atom. The topological polar surface area (TPSA) is 87.8 Å². The molecule has 1 aliphatic heterocycles. The molecule has 154 valence electrons. The maximum absolute atomic E-state index is 12.3. The zero-order valence-electron chi connectivity index (χ0n) is 15.9. The number of likely N-dealkylation sites (tertiary alicyclic amines) is 1. The van der Waals surface area contributed by atoms with Crippen LogP contribution in [0.4, 0.5) is 11.4 Å². The number of aliphatic hydroxyl groups is 1. The highest BCUT2D eigenvalue weighted by Gasteiger charge is 2.31. The van der Waals surface area contributed by atoms with Crippen molar-refractivity contribution in [1.29, 1.82) is 0 Å². The highest BCUT2D eigenvalue weighted by atomic mass is 35.5. The standard InChI is InChI=1S/C20H25N3O3.2ClH/c1-20(2,25)13-23-11-16(12-23)26-15-9-7-14(8-10-15)19(24)22-18-6-4-3-5-17(18)21;;/h3-10,16,25H,11-13,21H2,1-2H3,(H,22,24);2*1H. The molecule has 1 saturated heterocycles. The van der Waals surface area contributed by atoms with Gasteiger partial charge in [-0.15, -0.1) is 24.8 Å². The number of hydrogen-bond donors (Lipinski definition) is 3. The van der Waals surface area contributed by atoms with Gasteiger partial charge in [-0.25, -0.2) is 0 Å². The number of rotatable bonds is 6. The number of nitrogens with one attached hydrogen (secondary N) is 1. The predicted molar refractivity (Wildman–Crippen MR) is 117 cm³/mol. The third kappa shape index (κ3) is 6.56. The first kappa shape index (κ1) is 24.0. The highest BCUT2D eigenvalue weighted by Crippen LogP contribution is 2.22. The normalized spacial score (nSPS) is 14.2. The molecule has 0 bridgehead atoms. The van der Waals surface area contributed by atoms with Crippen LogP contribution in [0.3, 0.4) is 0 Å². The summed E-state index contributed by atoms with van der Waals surface area (Å²) in [6.45, 7) is 5.82. The van der Waals surface area contributed by atoms with E-state index in [2.05, 4.69) is 10.2 Å². The highest BCUT2D eigenvalue weighted by molar-refractivity contribution is 6.05. The molecular formula is C20H27Cl2N3O3. The SMILES string of the molecule is CC(C)(O)CN1CC(Oc2ccc(C(=O)Nc3ccccc3N)cc2)C1.Cl.Cl. The summed E-state index contributed by atoms with van der Waals surface area (Å²) in [7, 11) is 0. The molecule has 3 rings (SSSR count). The number of anilines is 2. The van der Waals surface area contributed by atoms with Crippen LogP contribution in [0, 0.1) is 0 Å². The molecule has 0 radical (unpaired) electrons. The van der Waals surface area contributed by atoms with E-state index in [1.54, 1.807) is 50.2 Å². The van der Waals surface area contributed by atoms with Crippen molar-refractivity contribution in [3.63, 3.8) is 0 Å². The second kappa shape index (κ2) is 9.98. The molecule has 2 aromatic rings. The van der Waals surface area contributed by atoms with Crippen LogP contribution in [0.5, 0.6) is 5.75 Å². The monoisotopic (exact) mass is 427 g/mol. The quantitative estimate of drug-likeness (QED) is 0.615. The fraction of sp³-hybridized carbons (Fsp3) is 0.350. The van der Waals surface area contributed by atoms with Crippen molar-refractivity contribution in [3.05, 3.63) is 54.1 Å². The van der Waals surface area contributed by atoms with Crippen LogP contribution in [0.2, 0.25) is 0 Å². The van der Waals surface area contributed by atoms with E-state index in [-0.39, 0.29) is 36.8 Å². The van der Waals surface area contributed by atoms with Gasteiger partial charge in [0.25, 0.3) is 5.91 Å². The number of amides is 1. The lowest BCUT2D eigenvalue weighted by Crippen LogP contribution is -2.57. The molecule has 0 unspecified atom stereocenters. The van der Waals surface area contributed by atoms with Crippen LogP contribution in [0.15, 0.2) is 48.5 Å². The number of carbonyl (C=O) groups is 1. The molecule has 1 aliphatic rings. The molecule has 0 aromatic heterocycles. The molecule has 0 saturated carbocycles. The summed E-state index contributed by atoms with van der Waals surface area (Å²) in [5, 5.41) is 12.6. The first-order chi connectivity index (χ1) is 12.3. The van der Waals surface area contributed by atoms with Crippen molar-refractivity contribution < 1.29 is 14.6 Å². The zero-order chi connectivity index (χ0) is 18.7. The number of halogens is 2. The Morgan fingerprint density at radius 1 is 1.18 bits per heavy atom. The van der Waals surface area contributed by atoms with Gasteiger partial charge in [0.1, 0.15) is 11.9 Å². The first-order valence-corrected chi connectivity index (χ1v) is 8.67. The Labute approximate surface area is 177 Å². The van der Waals surface area contributed by atoms with Gasteiger partial charge in [-0.05, 0) is 50.2 Å². The Bertz CT molecular complexity index is 773. The average Bonchev–Trinajstić information content (AvgIpc) is 2.54. The average molecular weight is 428 g/mol. The summed E-state index contributed by atoms with van der Waals surface area (Å²) in [5.74, 6) is 0.517. The summed E-state index contributed by atoms with van der Waals surface area (Å²) in [6, 6.07) is 14.2. The lowest BCUT2D eigenvalue weighted by Gasteiger charge is -2.41. The molecule has 4 N–H and O–H groups in total. The van der Waals surface area contributed by atoms with Gasteiger partial charge in [-0.1, -0.05) is 12.1 Å². The van der Waals surface area contributed by atoms with E-state index < -0.39 is 5.60 Å². The van der Waals surface area contributed by atoms with Crippen molar-refractivity contribution in [2.24, 2.45) is 0 Å². The minimum Gasteiger partial charge on any atom is -0.488 e. The lowest BCUT2D eigenvalue weighted by atomic mass is 10.1. The molecule has 0 aliphatic carbocycles. The van der Waals surface area contributed by atoms with E-state index in [0.29, 0.717) is 23.5 Å². The summed E-state index contributed by atoms with van der Waals surface area (Å²) < 4.78 is 5.89. The number of benzene rings is 2. The third-order valence-electron chi connectivity index (χ3n) is 4.16. The summed E-state index contributed by atoms with van der Waals surface area (Å²) in [6.07, 6.45) is 0.112. The maximum atomic E-state index is 12.3. The smallest absolute Gasteiger partial charge is 0.255 e. The van der Waals surface area contributed by atoms with E-state index in [1.165, 1.54) is 0 Å². The first-order valence-electron chi connectivity index (χ1n) is 8.67. The number of hydrogen-bond acceptors (Lipinski definition) is 5. The van der Waals surface area contributed by atoms with Crippen LogP contribution in [0.1, 0.15) is 24.2 Å². The Balaban J connectivity index is 0.00000196. The molecule has 1 amide bonds. The number of β-amino-alcohol motifs (C(OH)–C–C–N with tert-alkyl or cyclic N) is 1. The molecule has 6 nitrogen and oxygen atoms in total. The number of carbonyl (C=O) groups excluding carboxylic acids is 1. The van der Waals surface area contributed by atoms with Gasteiger partial charge in [0.2, 0.25) is 0 Å². The molecular weight excluding hydrogens is 401 g/mol. The zero-order valence-corrected chi connectivity index (χ0v) is 17.6. The van der Waals surface area contributed by atoms with Crippen molar-refractivity contribution in [2.75, 3.05) is 30.7 Å². The van der Waals surface area contributed by atoms with Gasteiger partial charge in [0.15, 0.2) is 0 Å². The Morgan fingerprint density at radius 3 is 2.36 bits per heavy atom. The predicted octanol–water partition coefficient (Wildman–Crippen LogP) is 3.20. The fourth-order valence-corrected chi connectivity index (χ4v) is 2.96. The van der Waals surface area contributed by atoms with Gasteiger partial charge in [-0.3, -0.25) is 9.69 Å². The third-order valence-corrected chi connectivity index (χ3v) is 4.16. The molecule has 28 heavy (non-hydrogen) atoms. The van der Waals surface area contributed by atoms with Crippen LogP contribution in [0.25, 0.3) is 0 Å². The minimum atomic E-state index is -0.692. The van der Waals surface area contributed by atoms with E-state index >= 15 is 0 Å². The van der Waals surface area contributed by atoms with Gasteiger partial charge in [0, 0.05) is 25.2 Å². The summed E-state index contributed by atoms with van der Waals surface area (Å²) in [4.78, 5) is 14.5. The number of ether oxygens (including phenoxy) is 1. The van der Waals surface area contributed by atoms with Crippen molar-refractivity contribution in [2.45, 2.75) is 25.6 Å². The van der Waals surface area contributed by atoms with Gasteiger partial charge >= 0.3 is 0 Å². The van der Waals surface area contributed by atoms with Crippen LogP contribution < -0.4 is 15.8 Å². The van der Waals surface area contributed by atoms with Crippen LogP contribution in [-0.2, 0) is 0 Å². The van der Waals surface area contributed by atoms with Crippen LogP contribution in [-0.4, -0.2) is 47.3 Å². The summed E-state index contributed by atoms with van der Waals surface area (Å²) in [5.41, 5.74) is 6.82. The van der Waals surface area contributed by atoms with Crippen molar-refractivity contribution in [3.8, 4) is 5.75 Å². The second-order valence-corrected chi connectivity index (χ2v) is 7.31. The Kier molecular flexibility index (Phi) is 8.57.